The van der Waals surface area contributed by atoms with E-state index in [2.05, 4.69) is 16.0 Å². The molecule has 0 aromatic carbocycles. The van der Waals surface area contributed by atoms with Gasteiger partial charge >= 0.3 is 0 Å². The van der Waals surface area contributed by atoms with Gasteiger partial charge < -0.3 is 15.5 Å². The fourth-order valence-corrected chi connectivity index (χ4v) is 0.818. The summed E-state index contributed by atoms with van der Waals surface area (Å²) < 4.78 is 5.30. The minimum absolute atomic E-state index is 0. The number of aliphatic imine (C=N–C) groups is 1. The van der Waals surface area contributed by atoms with Crippen molar-refractivity contribution in [2.24, 2.45) is 10.7 Å². The van der Waals surface area contributed by atoms with Gasteiger partial charge in [0.15, 0.2) is 0 Å². The van der Waals surface area contributed by atoms with Crippen LogP contribution in [0.4, 0.5) is 0 Å². The number of ether oxygens (including phenoxy) is 1. The zero-order valence-electron chi connectivity index (χ0n) is 8.77. The van der Waals surface area contributed by atoms with Gasteiger partial charge in [-0.05, 0) is 0 Å². The monoisotopic (exact) mass is 279 g/mol. The summed E-state index contributed by atoms with van der Waals surface area (Å²) in [6.07, 6.45) is 4.52. The molecule has 4 nitrogen and oxygen atoms in total. The molecule has 0 spiro atoms. The second-order valence-electron chi connectivity index (χ2n) is 2.63. The Morgan fingerprint density at radius 2 is 2.40 bits per heavy atom. The van der Waals surface area contributed by atoms with E-state index in [1.165, 1.54) is 12.4 Å². The van der Waals surface area contributed by atoms with Gasteiger partial charge in [-0.1, -0.05) is 13.1 Å². The number of nitrogens with zero attached hydrogens (tertiary/aromatic N) is 2. The van der Waals surface area contributed by atoms with Crippen LogP contribution in [-0.4, -0.2) is 18.2 Å². The maximum absolute atomic E-state index is 5.32. The van der Waals surface area contributed by atoms with E-state index in [9.17, 15) is 0 Å². The molecule has 1 aromatic heterocycles. The molecule has 0 aliphatic heterocycles. The van der Waals surface area contributed by atoms with Crippen molar-refractivity contribution in [3.05, 3.63) is 35.9 Å². The maximum atomic E-state index is 5.32. The fourth-order valence-electron chi connectivity index (χ4n) is 0.818. The first-order valence-corrected chi connectivity index (χ1v) is 4.12. The molecule has 0 aliphatic rings. The van der Waals surface area contributed by atoms with Crippen LogP contribution in [0.1, 0.15) is 5.56 Å². The summed E-state index contributed by atoms with van der Waals surface area (Å²) in [6, 6.07) is 4.63. The third kappa shape index (κ3) is 5.05. The van der Waals surface area contributed by atoms with Crippen molar-refractivity contribution < 1.29 is 37.4 Å². The fraction of sp³-hybridized carbons (Fsp3) is 0.200. The van der Waals surface area contributed by atoms with Gasteiger partial charge in [0.25, 0.3) is 0 Å². The van der Waals surface area contributed by atoms with Crippen LogP contribution < -0.4 is 10.5 Å². The Morgan fingerprint density at radius 1 is 1.67 bits per heavy atom. The maximum Gasteiger partial charge on any atom is 0.146 e. The first kappa shape index (κ1) is 14.3. The Hall–Kier alpha value is -0.736. The zero-order valence-corrected chi connectivity index (χ0v) is 11.6. The molecule has 5 heteroatoms. The molecule has 0 unspecified atom stereocenters. The Balaban J connectivity index is 0.00000196. The van der Waals surface area contributed by atoms with E-state index in [1.54, 1.807) is 19.3 Å². The molecule has 77 valence electrons. The molecule has 0 fully saturated rings. The number of rotatable bonds is 3. The van der Waals surface area contributed by atoms with Crippen molar-refractivity contribution in [2.75, 3.05) is 7.05 Å². The van der Waals surface area contributed by atoms with E-state index in [1.807, 2.05) is 6.92 Å². The molecule has 1 radical (unpaired) electrons. The minimum atomic E-state index is 0. The first-order valence-electron chi connectivity index (χ1n) is 4.12. The van der Waals surface area contributed by atoms with E-state index in [0.29, 0.717) is 11.6 Å². The van der Waals surface area contributed by atoms with Crippen molar-refractivity contribution in [3.63, 3.8) is 0 Å². The Morgan fingerprint density at radius 3 is 2.87 bits per heavy atom. The molecule has 2 N–H and O–H groups in total. The number of hydrogen-bond acceptors (Lipinski definition) is 4. The smallest absolute Gasteiger partial charge is 0.146 e. The molecular weight excluding hydrogens is 267 g/mol. The molecule has 1 rings (SSSR count). The summed E-state index contributed by atoms with van der Waals surface area (Å²) in [5, 5.41) is 0. The van der Waals surface area contributed by atoms with Crippen LogP contribution in [0.5, 0.6) is 5.88 Å². The van der Waals surface area contributed by atoms with Gasteiger partial charge in [0.05, 0.1) is 6.21 Å². The molecule has 15 heavy (non-hydrogen) atoms. The number of hydrogen-bond donors (Lipinski definition) is 1. The first-order chi connectivity index (χ1) is 6.76. The molecule has 0 amide bonds. The number of allylic oxidation sites excluding steroid dienone is 1. The summed E-state index contributed by atoms with van der Waals surface area (Å²) in [4.78, 5) is 7.82. The molecule has 0 saturated heterocycles. The van der Waals surface area contributed by atoms with Gasteiger partial charge in [0, 0.05) is 46.0 Å². The Labute approximate surface area is 115 Å². The van der Waals surface area contributed by atoms with Crippen LogP contribution in [0.2, 0.25) is 0 Å². The van der Waals surface area contributed by atoms with Crippen LogP contribution in [0, 0.1) is 13.0 Å². The van der Waals surface area contributed by atoms with E-state index < -0.39 is 0 Å². The predicted octanol–water partition coefficient (Wildman–Crippen LogP) is 1.07. The zero-order chi connectivity index (χ0) is 10.4. The third-order valence-electron chi connectivity index (χ3n) is 1.45. The van der Waals surface area contributed by atoms with E-state index in [4.69, 9.17) is 10.5 Å². The van der Waals surface area contributed by atoms with Gasteiger partial charge in [-0.2, -0.15) is 6.07 Å². The van der Waals surface area contributed by atoms with Crippen molar-refractivity contribution in [3.8, 4) is 5.88 Å². The largest absolute Gasteiger partial charge is 0.496 e. The molecule has 0 saturated carbocycles. The number of aryl methyl sites for hydroxylation is 1. The Bertz CT molecular complexity index is 346. The average molecular weight is 279 g/mol. The summed E-state index contributed by atoms with van der Waals surface area (Å²) in [5.74, 6) is 0.907. The van der Waals surface area contributed by atoms with Crippen molar-refractivity contribution in [2.45, 2.75) is 6.92 Å². The number of pyridine rings is 1. The molecule has 1 aromatic rings. The van der Waals surface area contributed by atoms with Crippen molar-refractivity contribution in [1.29, 1.82) is 0 Å². The normalized spacial score (nSPS) is 11.2. The Kier molecular flexibility index (Phi) is 7.17. The van der Waals surface area contributed by atoms with E-state index >= 15 is 0 Å². The van der Waals surface area contributed by atoms with Gasteiger partial charge in [0.1, 0.15) is 11.6 Å². The van der Waals surface area contributed by atoms with Crippen molar-refractivity contribution >= 4 is 6.21 Å². The molecule has 1 heterocycles. The van der Waals surface area contributed by atoms with Crippen LogP contribution in [-0.2, 0) is 32.7 Å². The average Bonchev–Trinajstić information content (AvgIpc) is 2.20. The molecule has 0 atom stereocenters. The third-order valence-corrected chi connectivity index (χ3v) is 1.45. The van der Waals surface area contributed by atoms with Crippen LogP contribution >= 0.6 is 0 Å². The SMILES string of the molecule is CN=C/C(=C\N)Oc1c[c-]c(C)cn1.[Y]. The second-order valence-corrected chi connectivity index (χ2v) is 2.63. The number of nitrogens with two attached hydrogens (primary N) is 1. The van der Waals surface area contributed by atoms with E-state index in [-0.39, 0.29) is 32.7 Å². The molecule has 0 aliphatic carbocycles. The minimum Gasteiger partial charge on any atom is -0.496 e. The predicted molar refractivity (Wildman–Crippen MR) is 55.1 cm³/mol. The standard InChI is InChI=1S/C10H12N3O.Y/c1-8-3-4-10(13-6-8)14-9(5-11)7-12-2;/h4-7H,11H2,1-2H3;/q-1;/b9-5+,12-7?;. The van der Waals surface area contributed by atoms with E-state index in [0.717, 1.165) is 5.56 Å². The summed E-state index contributed by atoms with van der Waals surface area (Å²) in [7, 11) is 1.64. The van der Waals surface area contributed by atoms with Gasteiger partial charge in [-0.3, -0.25) is 4.99 Å². The van der Waals surface area contributed by atoms with Gasteiger partial charge in [0.2, 0.25) is 0 Å². The molecule has 0 bridgehead atoms. The number of aromatic nitrogens is 1. The van der Waals surface area contributed by atoms with Crippen LogP contribution in [0.25, 0.3) is 0 Å². The van der Waals surface area contributed by atoms with Crippen molar-refractivity contribution in [1.82, 2.24) is 4.98 Å². The quantitative estimate of drug-likeness (QED) is 0.511. The molecular formula is C10H12N3OY-. The second kappa shape index (κ2) is 7.54. The van der Waals surface area contributed by atoms with Crippen LogP contribution in [0.3, 0.4) is 0 Å². The summed E-state index contributed by atoms with van der Waals surface area (Å²) in [6.45, 7) is 1.91. The van der Waals surface area contributed by atoms with Gasteiger partial charge in [-0.25, -0.2) is 0 Å². The summed E-state index contributed by atoms with van der Waals surface area (Å²) in [5.41, 5.74) is 6.28. The van der Waals surface area contributed by atoms with Crippen LogP contribution in [0.15, 0.2) is 29.2 Å². The van der Waals surface area contributed by atoms with Gasteiger partial charge in [-0.15, -0.1) is 11.6 Å². The topological polar surface area (TPSA) is 60.5 Å². The summed E-state index contributed by atoms with van der Waals surface area (Å²) >= 11 is 0.